The van der Waals surface area contributed by atoms with E-state index in [9.17, 15) is 19.8 Å². The molecule has 0 radical (unpaired) electrons. The Kier molecular flexibility index (Phi) is 14.2. The van der Waals surface area contributed by atoms with Crippen molar-refractivity contribution in [2.24, 2.45) is 23.5 Å². The summed E-state index contributed by atoms with van der Waals surface area (Å²) in [6.07, 6.45) is 18.2. The van der Waals surface area contributed by atoms with E-state index in [2.05, 4.69) is 63.5 Å². The number of ketones is 1. The molecule has 3 aromatic carbocycles. The molecule has 75 heavy (non-hydrogen) atoms. The SMILES string of the molecule is CNCC1CC(NCc2c(O)c3c(c4c2CC#CC2=C(C=CC(N)N2)CC2CCC5(Cc6cc(O)cc(OC)c6-c6ccc7c(c65)OC4C7COC(C)=O)C2)C=CC2NC4CCCC(CSSCC2O3)C4)CCC1=O. The second kappa shape index (κ2) is 21.0. The van der Waals surface area contributed by atoms with Gasteiger partial charge in [0.1, 0.15) is 41.8 Å². The lowest BCUT2D eigenvalue weighted by atomic mass is 9.65. The monoisotopic (exact) mass is 1050 g/mol. The number of ether oxygens (including phenoxy) is 4. The Morgan fingerprint density at radius 1 is 1.04 bits per heavy atom. The average molecular weight is 1050 g/mol. The number of esters is 1. The minimum Gasteiger partial charge on any atom is -0.508 e. The van der Waals surface area contributed by atoms with E-state index in [4.69, 9.17) is 24.7 Å². The highest BCUT2D eigenvalue weighted by Gasteiger charge is 2.52. The molecular formula is C60H71N5O8S2. The number of aromatic hydroxyl groups is 2. The maximum Gasteiger partial charge on any atom is 0.302 e. The van der Waals surface area contributed by atoms with E-state index in [0.29, 0.717) is 79.5 Å². The number of rotatable bonds is 8. The number of carbonyl (C=O) groups is 2. The molecule has 0 amide bonds. The maximum atomic E-state index is 13.2. The summed E-state index contributed by atoms with van der Waals surface area (Å²) in [4.78, 5) is 26.1. The zero-order valence-electron chi connectivity index (χ0n) is 43.4. The molecule has 0 aromatic heterocycles. The van der Waals surface area contributed by atoms with E-state index in [1.165, 1.54) is 19.8 Å². The van der Waals surface area contributed by atoms with Crippen LogP contribution in [0.1, 0.15) is 129 Å². The normalized spacial score (nSPS) is 31.2. The second-order valence-electron chi connectivity index (χ2n) is 22.8. The number of nitrogens with two attached hydrogens (primary N) is 1. The van der Waals surface area contributed by atoms with Crippen LogP contribution in [0.2, 0.25) is 0 Å². The van der Waals surface area contributed by atoms with Crippen LogP contribution in [0.25, 0.3) is 17.2 Å². The molecule has 396 valence electrons. The minimum absolute atomic E-state index is 0.0275. The molecule has 4 fully saturated rings. The first-order valence-corrected chi connectivity index (χ1v) is 29.9. The van der Waals surface area contributed by atoms with Crippen LogP contribution in [0.3, 0.4) is 0 Å². The zero-order valence-corrected chi connectivity index (χ0v) is 45.0. The summed E-state index contributed by atoms with van der Waals surface area (Å²) >= 11 is 0. The van der Waals surface area contributed by atoms with Crippen molar-refractivity contribution in [1.29, 1.82) is 0 Å². The Morgan fingerprint density at radius 2 is 1.92 bits per heavy atom. The fourth-order valence-electron chi connectivity index (χ4n) is 14.5. The van der Waals surface area contributed by atoms with Gasteiger partial charge >= 0.3 is 5.97 Å². The van der Waals surface area contributed by atoms with Gasteiger partial charge in [-0.1, -0.05) is 64.3 Å². The first kappa shape index (κ1) is 50.7. The molecule has 11 unspecified atom stereocenters. The van der Waals surface area contributed by atoms with Crippen LogP contribution >= 0.6 is 21.6 Å². The number of dihydropyridines is 1. The second-order valence-corrected chi connectivity index (χ2v) is 25.3. The van der Waals surface area contributed by atoms with Gasteiger partial charge in [-0.2, -0.15) is 0 Å². The van der Waals surface area contributed by atoms with E-state index in [-0.39, 0.29) is 65.8 Å². The largest absolute Gasteiger partial charge is 0.508 e. The third kappa shape index (κ3) is 9.64. The van der Waals surface area contributed by atoms with Crippen molar-refractivity contribution in [2.75, 3.05) is 38.8 Å². The Balaban J connectivity index is 1.09. The highest BCUT2D eigenvalue weighted by Crippen LogP contribution is 2.63. The molecule has 5 heterocycles. The van der Waals surface area contributed by atoms with Crippen molar-refractivity contribution in [3.8, 4) is 51.7 Å². The van der Waals surface area contributed by atoms with Crippen LogP contribution < -0.4 is 41.2 Å². The molecule has 3 saturated carbocycles. The minimum atomic E-state index is -0.702. The molecule has 3 aromatic rings. The third-order valence-electron chi connectivity index (χ3n) is 18.0. The van der Waals surface area contributed by atoms with E-state index < -0.39 is 18.2 Å². The van der Waals surface area contributed by atoms with E-state index in [1.807, 2.05) is 40.8 Å². The van der Waals surface area contributed by atoms with Gasteiger partial charge in [-0.25, -0.2) is 0 Å². The van der Waals surface area contributed by atoms with Gasteiger partial charge in [-0.15, -0.1) is 0 Å². The van der Waals surface area contributed by atoms with Crippen molar-refractivity contribution in [1.82, 2.24) is 21.3 Å². The van der Waals surface area contributed by atoms with Gasteiger partial charge in [0.05, 0.1) is 30.9 Å². The van der Waals surface area contributed by atoms with Gasteiger partial charge in [-0.05, 0) is 123 Å². The molecule has 1 spiro atoms. The zero-order chi connectivity index (χ0) is 51.5. The number of phenols is 2. The smallest absolute Gasteiger partial charge is 0.302 e. The molecule has 15 heteroatoms. The van der Waals surface area contributed by atoms with Gasteiger partial charge in [0, 0.05) is 107 Å². The van der Waals surface area contributed by atoms with Crippen molar-refractivity contribution in [3.05, 3.63) is 92.7 Å². The quantitative estimate of drug-likeness (QED) is 0.0647. The highest BCUT2D eigenvalue weighted by atomic mass is 33.1. The van der Waals surface area contributed by atoms with Gasteiger partial charge in [0.2, 0.25) is 0 Å². The molecular weight excluding hydrogens is 983 g/mol. The number of nitrogens with one attached hydrogen (secondary N) is 4. The lowest BCUT2D eigenvalue weighted by molar-refractivity contribution is -0.142. The Hall–Kier alpha value is -5.08. The fourth-order valence-corrected chi connectivity index (χ4v) is 17.2. The summed E-state index contributed by atoms with van der Waals surface area (Å²) in [7, 11) is 7.32. The Bertz CT molecular complexity index is 2950. The molecule has 6 bridgehead atoms. The number of hydrogen-bond donors (Lipinski definition) is 7. The topological polar surface area (TPSA) is 186 Å². The van der Waals surface area contributed by atoms with Crippen molar-refractivity contribution in [2.45, 2.75) is 145 Å². The fraction of sp³-hybridized carbons (Fsp3) is 0.533. The summed E-state index contributed by atoms with van der Waals surface area (Å²) in [5.74, 6) is 11.4. The highest BCUT2D eigenvalue weighted by molar-refractivity contribution is 8.76. The van der Waals surface area contributed by atoms with Gasteiger partial charge in [0.15, 0.2) is 11.5 Å². The molecule has 9 aliphatic rings. The number of allylic oxidation sites excluding steroid dienone is 3. The maximum absolute atomic E-state index is 13.2. The molecule has 1 saturated heterocycles. The number of phenolic OH excluding ortho intramolecular Hbond substituents is 2. The van der Waals surface area contributed by atoms with E-state index >= 15 is 0 Å². The van der Waals surface area contributed by atoms with Crippen LogP contribution in [0.15, 0.2) is 53.8 Å². The molecule has 4 aliphatic carbocycles. The first-order valence-electron chi connectivity index (χ1n) is 27.4. The number of Topliss-reactive ketones (excluding diaryl/α,β-unsaturated/α-hetero) is 1. The van der Waals surface area contributed by atoms with Gasteiger partial charge in [0.25, 0.3) is 0 Å². The molecule has 5 aliphatic heterocycles. The van der Waals surface area contributed by atoms with Crippen LogP contribution in [0.5, 0.6) is 28.7 Å². The van der Waals surface area contributed by atoms with Gasteiger partial charge < -0.3 is 56.2 Å². The van der Waals surface area contributed by atoms with E-state index in [1.54, 1.807) is 13.2 Å². The average Bonchev–Trinajstić information content (AvgIpc) is 3.91. The van der Waals surface area contributed by atoms with Crippen LogP contribution in [0, 0.1) is 29.6 Å². The molecule has 12 rings (SSSR count). The number of methoxy groups -OCH3 is 1. The predicted octanol–water partition coefficient (Wildman–Crippen LogP) is 8.53. The van der Waals surface area contributed by atoms with Crippen molar-refractivity contribution < 1.29 is 38.7 Å². The van der Waals surface area contributed by atoms with Crippen molar-refractivity contribution in [3.63, 3.8) is 0 Å². The summed E-state index contributed by atoms with van der Waals surface area (Å²) in [6.45, 7) is 2.42. The standard InChI is InChI=1S/C60H71N5O8S2/c1-32(66)71-29-46-42-12-13-43-53-36(23-40(67)24-50(53)70-3)26-60-19-18-33(25-60)20-35-10-17-52(61)65-47(35)9-5-8-41-45(28-63-38-11-16-49(68)37(22-38)27-62-2)56(69)59-44(54(41)57(46)73-58(42)55(43)60)14-15-48-51(72-59)31-75-74-30-34-6-4-7-39(21-34)64-48/h10,12-15,17,23-24,33-34,37-39,46,48,51-52,57,62-65,67,69H,4,6-8,11,16,18-22,25-31,61H2,1-3H3. The number of hydrogen-bond acceptors (Lipinski definition) is 15. The van der Waals surface area contributed by atoms with Crippen molar-refractivity contribution >= 4 is 39.4 Å². The number of benzene rings is 3. The predicted molar refractivity (Wildman–Crippen MR) is 295 cm³/mol. The molecule has 8 N–H and O–H groups in total. The van der Waals surface area contributed by atoms with E-state index in [0.717, 1.165) is 106 Å². The van der Waals surface area contributed by atoms with Crippen LogP contribution in [0.4, 0.5) is 0 Å². The number of fused-ring (bicyclic) bond motifs is 11. The Labute approximate surface area is 448 Å². The lowest BCUT2D eigenvalue weighted by Crippen LogP contribution is -2.49. The lowest BCUT2D eigenvalue weighted by Gasteiger charge is -2.39. The number of carbonyl (C=O) groups excluding carboxylic acids is 2. The third-order valence-corrected chi connectivity index (χ3v) is 20.5. The summed E-state index contributed by atoms with van der Waals surface area (Å²) in [5, 5.41) is 38.9. The summed E-state index contributed by atoms with van der Waals surface area (Å²) in [5.41, 5.74) is 16.3. The summed E-state index contributed by atoms with van der Waals surface area (Å²) in [6, 6.07) is 8.19. The van der Waals surface area contributed by atoms with Crippen LogP contribution in [-0.2, 0) is 39.1 Å². The van der Waals surface area contributed by atoms with Gasteiger partial charge in [-0.3, -0.25) is 9.59 Å². The summed E-state index contributed by atoms with van der Waals surface area (Å²) < 4.78 is 27.3. The molecule has 13 nitrogen and oxygen atoms in total. The van der Waals surface area contributed by atoms with Crippen LogP contribution in [-0.4, -0.2) is 91.2 Å². The first-order chi connectivity index (χ1) is 36.5. The molecule has 11 atom stereocenters. The Morgan fingerprint density at radius 3 is 2.77 bits per heavy atom.